The molecule has 1 aromatic carbocycles. The van der Waals surface area contributed by atoms with E-state index in [1.807, 2.05) is 39.8 Å². The zero-order chi connectivity index (χ0) is 33.4. The van der Waals surface area contributed by atoms with Crippen LogP contribution in [0.25, 0.3) is 11.1 Å². The summed E-state index contributed by atoms with van der Waals surface area (Å²) in [6.07, 6.45) is 11.0. The maximum Gasteiger partial charge on any atom is 0.142 e. The normalized spacial score (nSPS) is 13.1. The number of nitrogens with one attached hydrogen (secondary N) is 1. The number of hydrogen-bond donors (Lipinski definition) is 1. The minimum atomic E-state index is -0.443. The minimum Gasteiger partial charge on any atom is -0.461 e. The summed E-state index contributed by atoms with van der Waals surface area (Å²) in [5.41, 5.74) is 5.49. The summed E-state index contributed by atoms with van der Waals surface area (Å²) < 4.78 is 19.6. The number of allylic oxidation sites excluding steroid dienone is 5. The van der Waals surface area contributed by atoms with E-state index in [0.717, 1.165) is 40.7 Å². The third-order valence-corrected chi connectivity index (χ3v) is 8.26. The summed E-state index contributed by atoms with van der Waals surface area (Å²) in [4.78, 5) is 0. The monoisotopic (exact) mass is 615 g/mol. The Kier molecular flexibility index (Phi) is 19.1. The summed E-state index contributed by atoms with van der Waals surface area (Å²) >= 11 is 5.75. The Morgan fingerprint density at radius 3 is 2.07 bits per heavy atom. The van der Waals surface area contributed by atoms with Gasteiger partial charge in [-0.05, 0) is 111 Å². The summed E-state index contributed by atoms with van der Waals surface area (Å²) in [6, 6.07) is 6.73. The average Bonchev–Trinajstić information content (AvgIpc) is 3.24. The molecule has 0 amide bonds. The van der Waals surface area contributed by atoms with Gasteiger partial charge in [-0.1, -0.05) is 112 Å². The van der Waals surface area contributed by atoms with Gasteiger partial charge in [0.1, 0.15) is 17.3 Å². The molecule has 0 bridgehead atoms. The van der Waals surface area contributed by atoms with E-state index in [-0.39, 0.29) is 10.4 Å². The SMILES string of the molecule is C=C(/C=C(\c1oc(C)cc1C)C(C)(C)C)c1ccc(Cl)c(F)c1.CC.CC=C1CCC1.CCCCNCC(C)(C)C(C)C. The van der Waals surface area contributed by atoms with Gasteiger partial charge in [-0.25, -0.2) is 4.39 Å². The predicted molar refractivity (Wildman–Crippen MR) is 191 cm³/mol. The van der Waals surface area contributed by atoms with Gasteiger partial charge in [0.15, 0.2) is 0 Å². The molecule has 1 N–H and O–H groups in total. The van der Waals surface area contributed by atoms with Crippen LogP contribution in [-0.4, -0.2) is 13.1 Å². The van der Waals surface area contributed by atoms with Crippen LogP contribution in [0.2, 0.25) is 5.02 Å². The van der Waals surface area contributed by atoms with E-state index in [1.54, 1.807) is 17.7 Å². The number of rotatable bonds is 9. The van der Waals surface area contributed by atoms with Crippen LogP contribution in [-0.2, 0) is 0 Å². The molecule has 1 fully saturated rings. The van der Waals surface area contributed by atoms with Crippen LogP contribution in [0.3, 0.4) is 0 Å². The van der Waals surface area contributed by atoms with Crippen molar-refractivity contribution in [3.8, 4) is 0 Å². The highest BCUT2D eigenvalue weighted by Crippen LogP contribution is 2.39. The van der Waals surface area contributed by atoms with Gasteiger partial charge in [-0.15, -0.1) is 0 Å². The van der Waals surface area contributed by atoms with Crippen molar-refractivity contribution in [1.29, 1.82) is 0 Å². The fraction of sp³-hybridized carbons (Fsp3) is 0.590. The van der Waals surface area contributed by atoms with Crippen molar-refractivity contribution in [1.82, 2.24) is 5.32 Å². The maximum absolute atomic E-state index is 13.7. The number of halogens is 2. The maximum atomic E-state index is 13.7. The lowest BCUT2D eigenvalue weighted by Gasteiger charge is -2.29. The molecule has 0 radical (unpaired) electrons. The first kappa shape index (κ1) is 40.9. The van der Waals surface area contributed by atoms with Crippen molar-refractivity contribution in [2.24, 2.45) is 16.7 Å². The van der Waals surface area contributed by atoms with Crippen molar-refractivity contribution in [3.05, 3.63) is 82.1 Å². The Bertz CT molecular complexity index is 1150. The fourth-order valence-electron chi connectivity index (χ4n) is 4.07. The number of hydrogen-bond acceptors (Lipinski definition) is 2. The van der Waals surface area contributed by atoms with Gasteiger partial charge < -0.3 is 9.73 Å². The van der Waals surface area contributed by atoms with Gasteiger partial charge in [0.25, 0.3) is 0 Å². The highest BCUT2D eigenvalue weighted by molar-refractivity contribution is 6.30. The molecule has 0 spiro atoms. The van der Waals surface area contributed by atoms with E-state index in [0.29, 0.717) is 11.0 Å². The zero-order valence-electron chi connectivity index (χ0n) is 29.9. The third kappa shape index (κ3) is 15.0. The number of aryl methyl sites for hydroxylation is 2. The lowest BCUT2D eigenvalue weighted by molar-refractivity contribution is 0.238. The Hall–Kier alpha value is -2.10. The van der Waals surface area contributed by atoms with Gasteiger partial charge in [-0.2, -0.15) is 0 Å². The van der Waals surface area contributed by atoms with Crippen LogP contribution in [0.5, 0.6) is 0 Å². The highest BCUT2D eigenvalue weighted by Gasteiger charge is 2.24. The van der Waals surface area contributed by atoms with Gasteiger partial charge >= 0.3 is 0 Å². The van der Waals surface area contributed by atoms with Gasteiger partial charge in [0, 0.05) is 12.1 Å². The molecule has 0 atom stereocenters. The lowest BCUT2D eigenvalue weighted by atomic mass is 9.81. The zero-order valence-corrected chi connectivity index (χ0v) is 30.6. The topological polar surface area (TPSA) is 25.2 Å². The summed E-state index contributed by atoms with van der Waals surface area (Å²) in [5, 5.41) is 3.62. The molecular formula is C39H63ClFNO. The van der Waals surface area contributed by atoms with Crippen LogP contribution < -0.4 is 5.32 Å². The van der Waals surface area contributed by atoms with Crippen LogP contribution in [0.15, 0.2) is 53.0 Å². The standard InChI is InChI=1S/C20H22ClFO.C11H25N.C6H10.C2H6/c1-12(15-7-8-17(21)18(22)11-15)10-16(20(4,5)6)19-13(2)9-14(3)23-19;1-6-7-8-12-9-11(4,5)10(2)3;1-2-6-4-3-5-6;1-2/h7-11H,1H2,2-6H3;10,12H,6-9H2,1-5H3;2H,3-5H2,1H3;1-2H3/b16-10+;;;. The predicted octanol–water partition coefficient (Wildman–Crippen LogP) is 13.0. The van der Waals surface area contributed by atoms with Crippen LogP contribution in [0, 0.1) is 36.4 Å². The van der Waals surface area contributed by atoms with E-state index in [9.17, 15) is 4.39 Å². The molecule has 2 aromatic rings. The first-order valence-electron chi connectivity index (χ1n) is 16.3. The van der Waals surface area contributed by atoms with Gasteiger partial charge in [-0.3, -0.25) is 0 Å². The number of furan rings is 1. The molecule has 1 aromatic heterocycles. The molecule has 1 aliphatic carbocycles. The summed E-state index contributed by atoms with van der Waals surface area (Å²) in [6.45, 7) is 34.3. The number of benzene rings is 1. The lowest BCUT2D eigenvalue weighted by Crippen LogP contribution is -2.33. The second-order valence-corrected chi connectivity index (χ2v) is 13.7. The first-order chi connectivity index (χ1) is 20.0. The van der Waals surface area contributed by atoms with E-state index >= 15 is 0 Å². The molecule has 2 nitrogen and oxygen atoms in total. The van der Waals surface area contributed by atoms with Crippen LogP contribution in [0.4, 0.5) is 4.39 Å². The first-order valence-corrected chi connectivity index (χ1v) is 16.7. The van der Waals surface area contributed by atoms with E-state index in [4.69, 9.17) is 16.0 Å². The molecule has 0 unspecified atom stereocenters. The van der Waals surface area contributed by atoms with Crippen molar-refractivity contribution in [2.75, 3.05) is 13.1 Å². The second-order valence-electron chi connectivity index (χ2n) is 13.3. The molecule has 1 saturated carbocycles. The summed E-state index contributed by atoms with van der Waals surface area (Å²) in [7, 11) is 0. The Labute approximate surface area is 270 Å². The Balaban J connectivity index is 0.000000731. The average molecular weight is 616 g/mol. The fourth-order valence-corrected chi connectivity index (χ4v) is 4.19. The molecule has 43 heavy (non-hydrogen) atoms. The second kappa shape index (κ2) is 20.0. The Morgan fingerprint density at radius 2 is 1.70 bits per heavy atom. The minimum absolute atomic E-state index is 0.110. The molecule has 0 saturated heterocycles. The Morgan fingerprint density at radius 1 is 1.09 bits per heavy atom. The molecular weight excluding hydrogens is 553 g/mol. The van der Waals surface area contributed by atoms with E-state index < -0.39 is 5.82 Å². The van der Waals surface area contributed by atoms with Crippen molar-refractivity contribution in [3.63, 3.8) is 0 Å². The molecule has 0 aliphatic heterocycles. The molecule has 1 heterocycles. The smallest absolute Gasteiger partial charge is 0.142 e. The van der Waals surface area contributed by atoms with E-state index in [1.165, 1.54) is 44.7 Å². The summed E-state index contributed by atoms with van der Waals surface area (Å²) in [5.74, 6) is 2.04. The van der Waals surface area contributed by atoms with E-state index in [2.05, 4.69) is 80.3 Å². The highest BCUT2D eigenvalue weighted by atomic mass is 35.5. The molecule has 3 rings (SSSR count). The molecule has 1 aliphatic rings. The van der Waals surface area contributed by atoms with Crippen molar-refractivity contribution < 1.29 is 8.81 Å². The van der Waals surface area contributed by atoms with Crippen molar-refractivity contribution in [2.45, 2.75) is 122 Å². The van der Waals surface area contributed by atoms with Gasteiger partial charge in [0.2, 0.25) is 0 Å². The third-order valence-electron chi connectivity index (χ3n) is 7.96. The molecule has 244 valence electrons. The number of unbranched alkanes of at least 4 members (excludes halogenated alkanes) is 1. The van der Waals surface area contributed by atoms with Crippen molar-refractivity contribution >= 4 is 22.7 Å². The van der Waals surface area contributed by atoms with Crippen LogP contribution in [0.1, 0.15) is 131 Å². The molecule has 4 heteroatoms. The quantitative estimate of drug-likeness (QED) is 0.172. The van der Waals surface area contributed by atoms with Gasteiger partial charge in [0.05, 0.1) is 5.02 Å². The largest absolute Gasteiger partial charge is 0.461 e. The van der Waals surface area contributed by atoms with Crippen LogP contribution >= 0.6 is 11.6 Å².